The minimum absolute atomic E-state index is 0.0321. The molecule has 0 aliphatic heterocycles. The molecule has 0 unspecified atom stereocenters. The maximum atomic E-state index is 9.81. The van der Waals surface area contributed by atoms with E-state index in [1.165, 1.54) is 13.2 Å². The summed E-state index contributed by atoms with van der Waals surface area (Å²) in [5.41, 5.74) is 9.98. The summed E-state index contributed by atoms with van der Waals surface area (Å²) in [6.07, 6.45) is 3.46. The van der Waals surface area contributed by atoms with Crippen molar-refractivity contribution in [3.8, 4) is 40.0 Å². The molecule has 7 nitrogen and oxygen atoms in total. The molecule has 0 atom stereocenters. The number of hydrogen-bond donors (Lipinski definition) is 2. The molecule has 3 N–H and O–H groups in total. The van der Waals surface area contributed by atoms with E-state index >= 15 is 0 Å². The van der Waals surface area contributed by atoms with Crippen LogP contribution in [0.15, 0.2) is 43.1 Å². The molecule has 7 heteroatoms. The van der Waals surface area contributed by atoms with Crippen molar-refractivity contribution in [2.75, 3.05) is 12.8 Å². The lowest BCUT2D eigenvalue weighted by Gasteiger charge is -2.11. The summed E-state index contributed by atoms with van der Waals surface area (Å²) >= 11 is 0. The van der Waals surface area contributed by atoms with Gasteiger partial charge in [0.1, 0.15) is 17.5 Å². The van der Waals surface area contributed by atoms with E-state index in [1.54, 1.807) is 35.2 Å². The zero-order chi connectivity index (χ0) is 19.6. The predicted molar refractivity (Wildman–Crippen MR) is 103 cm³/mol. The molecule has 0 amide bonds. The van der Waals surface area contributed by atoms with E-state index in [0.29, 0.717) is 34.7 Å². The molecule has 0 fully saturated rings. The highest BCUT2D eigenvalue weighted by Gasteiger charge is 2.18. The van der Waals surface area contributed by atoms with Crippen LogP contribution in [-0.2, 0) is 6.54 Å². The second kappa shape index (κ2) is 7.22. The lowest BCUT2D eigenvalue weighted by atomic mass is 9.99. The molecule has 3 aromatic rings. The van der Waals surface area contributed by atoms with Crippen molar-refractivity contribution in [1.82, 2.24) is 14.8 Å². The average Bonchev–Trinajstić information content (AvgIpc) is 3.02. The minimum Gasteiger partial charge on any atom is -0.504 e. The fourth-order valence-corrected chi connectivity index (χ4v) is 2.90. The van der Waals surface area contributed by atoms with Gasteiger partial charge in [0.25, 0.3) is 0 Å². The molecular weight excluding hydrogens is 342 g/mol. The smallest absolute Gasteiger partial charge is 0.161 e. The first-order valence-electron chi connectivity index (χ1n) is 8.21. The number of nitrogen functional groups attached to an aromatic ring is 1. The Balaban J connectivity index is 2.21. The van der Waals surface area contributed by atoms with Crippen LogP contribution in [0.4, 0.5) is 5.82 Å². The highest BCUT2D eigenvalue weighted by Crippen LogP contribution is 2.35. The van der Waals surface area contributed by atoms with E-state index in [1.807, 2.05) is 6.92 Å². The number of ether oxygens (including phenoxy) is 1. The van der Waals surface area contributed by atoms with Gasteiger partial charge in [-0.2, -0.15) is 10.4 Å². The van der Waals surface area contributed by atoms with Crippen LogP contribution >= 0.6 is 0 Å². The zero-order valence-electron chi connectivity index (χ0n) is 15.1. The molecule has 0 spiro atoms. The molecule has 0 radical (unpaired) electrons. The van der Waals surface area contributed by atoms with Crippen LogP contribution in [0.5, 0.6) is 11.5 Å². The van der Waals surface area contributed by atoms with Gasteiger partial charge in [-0.3, -0.25) is 4.68 Å². The Morgan fingerprint density at radius 3 is 2.81 bits per heavy atom. The number of benzene rings is 1. The van der Waals surface area contributed by atoms with Crippen molar-refractivity contribution in [2.45, 2.75) is 13.5 Å². The summed E-state index contributed by atoms with van der Waals surface area (Å²) in [7, 11) is 1.47. The van der Waals surface area contributed by atoms with E-state index in [9.17, 15) is 10.4 Å². The minimum atomic E-state index is 0.0321. The summed E-state index contributed by atoms with van der Waals surface area (Å²) in [5.74, 6) is 0.492. The van der Waals surface area contributed by atoms with Crippen molar-refractivity contribution in [2.24, 2.45) is 0 Å². The van der Waals surface area contributed by atoms with E-state index in [-0.39, 0.29) is 11.6 Å². The van der Waals surface area contributed by atoms with Crippen molar-refractivity contribution in [3.63, 3.8) is 0 Å². The predicted octanol–water partition coefficient (Wildman–Crippen LogP) is 3.27. The van der Waals surface area contributed by atoms with Gasteiger partial charge in [-0.1, -0.05) is 6.08 Å². The van der Waals surface area contributed by atoms with Gasteiger partial charge < -0.3 is 15.6 Å². The summed E-state index contributed by atoms with van der Waals surface area (Å²) in [6.45, 7) is 6.22. The van der Waals surface area contributed by atoms with Gasteiger partial charge in [-0.05, 0) is 31.2 Å². The summed E-state index contributed by atoms with van der Waals surface area (Å²) in [5, 5.41) is 23.7. The first-order valence-corrected chi connectivity index (χ1v) is 8.21. The number of nitrogens with two attached hydrogens (primary N) is 1. The lowest BCUT2D eigenvalue weighted by Crippen LogP contribution is -2.02. The fourth-order valence-electron chi connectivity index (χ4n) is 2.90. The van der Waals surface area contributed by atoms with Gasteiger partial charge in [-0.15, -0.1) is 6.58 Å². The van der Waals surface area contributed by atoms with E-state index in [0.717, 1.165) is 11.3 Å². The Labute approximate surface area is 157 Å². The number of phenols is 1. The third-order valence-corrected chi connectivity index (χ3v) is 4.33. The van der Waals surface area contributed by atoms with Crippen LogP contribution in [0.25, 0.3) is 22.4 Å². The number of nitriles is 1. The topological polar surface area (TPSA) is 110 Å². The van der Waals surface area contributed by atoms with Crippen LogP contribution < -0.4 is 10.5 Å². The van der Waals surface area contributed by atoms with Crippen molar-refractivity contribution < 1.29 is 9.84 Å². The summed E-state index contributed by atoms with van der Waals surface area (Å²) in [4.78, 5) is 4.35. The van der Waals surface area contributed by atoms with Crippen molar-refractivity contribution >= 4 is 5.82 Å². The maximum absolute atomic E-state index is 9.81. The highest BCUT2D eigenvalue weighted by atomic mass is 16.5. The molecule has 0 bridgehead atoms. The standard InChI is InChI=1S/C20H19N5O2/c1-4-7-25-12(2)16(11-23-25)14-9-17(24-20(22)15(14)10-21)13-5-6-18(26)19(8-13)27-3/h4-6,8-9,11,26H,1,7H2,2-3H3,(H2,22,24). The molecular formula is C20H19N5O2. The largest absolute Gasteiger partial charge is 0.504 e. The molecule has 27 heavy (non-hydrogen) atoms. The monoisotopic (exact) mass is 361 g/mol. The Morgan fingerprint density at radius 1 is 1.37 bits per heavy atom. The van der Waals surface area contributed by atoms with Gasteiger partial charge in [0, 0.05) is 22.4 Å². The third kappa shape index (κ3) is 3.20. The van der Waals surface area contributed by atoms with Gasteiger partial charge in [-0.25, -0.2) is 4.98 Å². The van der Waals surface area contributed by atoms with Gasteiger partial charge in [0.2, 0.25) is 0 Å². The Bertz CT molecular complexity index is 1060. The second-order valence-electron chi connectivity index (χ2n) is 5.93. The number of pyridine rings is 1. The first-order chi connectivity index (χ1) is 13.0. The molecule has 0 saturated heterocycles. The molecule has 0 aliphatic rings. The van der Waals surface area contributed by atoms with Gasteiger partial charge in [0.05, 0.1) is 25.5 Å². The van der Waals surface area contributed by atoms with Crippen molar-refractivity contribution in [3.05, 3.63) is 54.4 Å². The van der Waals surface area contributed by atoms with Crippen LogP contribution in [0, 0.1) is 18.3 Å². The number of nitrogens with zero attached hydrogens (tertiary/aromatic N) is 4. The number of aromatic nitrogens is 3. The SMILES string of the molecule is C=CCn1ncc(-c2cc(-c3ccc(O)c(OC)c3)nc(N)c2C#N)c1C. The molecule has 136 valence electrons. The molecule has 2 heterocycles. The van der Waals surface area contributed by atoms with Crippen LogP contribution in [-0.4, -0.2) is 27.0 Å². The van der Waals surface area contributed by atoms with Crippen LogP contribution in [0.2, 0.25) is 0 Å². The highest BCUT2D eigenvalue weighted by molar-refractivity contribution is 5.81. The lowest BCUT2D eigenvalue weighted by molar-refractivity contribution is 0.373. The summed E-state index contributed by atoms with van der Waals surface area (Å²) in [6, 6.07) is 8.83. The Kier molecular flexibility index (Phi) is 4.81. The molecule has 3 rings (SSSR count). The molecule has 1 aromatic carbocycles. The maximum Gasteiger partial charge on any atom is 0.161 e. The summed E-state index contributed by atoms with van der Waals surface area (Å²) < 4.78 is 6.96. The number of phenolic OH excluding ortho intramolecular Hbond substituents is 1. The molecule has 0 saturated carbocycles. The number of allylic oxidation sites excluding steroid dienone is 1. The molecule has 2 aromatic heterocycles. The Hall–Kier alpha value is -3.79. The fraction of sp³-hybridized carbons (Fsp3) is 0.150. The Morgan fingerprint density at radius 2 is 2.15 bits per heavy atom. The van der Waals surface area contributed by atoms with Crippen LogP contribution in [0.3, 0.4) is 0 Å². The second-order valence-corrected chi connectivity index (χ2v) is 5.93. The van der Waals surface area contributed by atoms with Crippen molar-refractivity contribution in [1.29, 1.82) is 5.26 Å². The average molecular weight is 361 g/mol. The third-order valence-electron chi connectivity index (χ3n) is 4.33. The number of anilines is 1. The number of rotatable bonds is 5. The van der Waals surface area contributed by atoms with E-state index in [2.05, 4.69) is 22.7 Å². The normalized spacial score (nSPS) is 10.4. The number of hydrogen-bond acceptors (Lipinski definition) is 6. The molecule has 0 aliphatic carbocycles. The van der Waals surface area contributed by atoms with E-state index in [4.69, 9.17) is 10.5 Å². The van der Waals surface area contributed by atoms with E-state index < -0.39 is 0 Å². The van der Waals surface area contributed by atoms with Crippen LogP contribution in [0.1, 0.15) is 11.3 Å². The quantitative estimate of drug-likeness (QED) is 0.675. The first kappa shape index (κ1) is 18.0. The zero-order valence-corrected chi connectivity index (χ0v) is 15.1. The number of methoxy groups -OCH3 is 1. The van der Waals surface area contributed by atoms with Gasteiger partial charge >= 0.3 is 0 Å². The van der Waals surface area contributed by atoms with Gasteiger partial charge in [0.15, 0.2) is 11.5 Å². The number of aromatic hydroxyl groups is 1.